The first-order valence-corrected chi connectivity index (χ1v) is 10.4. The lowest BCUT2D eigenvalue weighted by molar-refractivity contribution is -0.139. The number of hydrogen-bond acceptors (Lipinski definition) is 4. The number of nitrogens with one attached hydrogen (secondary N) is 1. The van der Waals surface area contributed by atoms with E-state index in [0.717, 1.165) is 25.9 Å². The first kappa shape index (κ1) is 21.0. The first-order valence-electron chi connectivity index (χ1n) is 9.62. The number of halogens is 2. The average molecular weight is 426 g/mol. The molecular formula is C20H25Cl2N3O3. The molecule has 2 aliphatic rings. The molecule has 0 saturated carbocycles. The van der Waals surface area contributed by atoms with Crippen LogP contribution in [0, 0.1) is 0 Å². The topological polar surface area (TPSA) is 61.9 Å². The van der Waals surface area contributed by atoms with Gasteiger partial charge in [0, 0.05) is 18.8 Å². The van der Waals surface area contributed by atoms with Crippen LogP contribution in [0.2, 0.25) is 10.0 Å². The van der Waals surface area contributed by atoms with E-state index in [1.807, 2.05) is 6.92 Å². The van der Waals surface area contributed by atoms with E-state index in [1.165, 1.54) is 0 Å². The largest absolute Gasteiger partial charge is 0.463 e. The molecule has 0 bridgehead atoms. The Morgan fingerprint density at radius 3 is 2.61 bits per heavy atom. The van der Waals surface area contributed by atoms with Crippen molar-refractivity contribution in [2.24, 2.45) is 0 Å². The van der Waals surface area contributed by atoms with E-state index in [9.17, 15) is 9.59 Å². The molecule has 3 rings (SSSR count). The Labute approximate surface area is 175 Å². The van der Waals surface area contributed by atoms with Crippen LogP contribution in [0.3, 0.4) is 0 Å². The van der Waals surface area contributed by atoms with Crippen LogP contribution in [-0.4, -0.2) is 54.6 Å². The minimum Gasteiger partial charge on any atom is -0.463 e. The molecule has 0 spiro atoms. The highest BCUT2D eigenvalue weighted by Gasteiger charge is 2.39. The summed E-state index contributed by atoms with van der Waals surface area (Å²) in [5.41, 5.74) is 1.67. The minimum absolute atomic E-state index is 0.245. The summed E-state index contributed by atoms with van der Waals surface area (Å²) in [7, 11) is 0. The maximum Gasteiger partial charge on any atom is 0.338 e. The van der Waals surface area contributed by atoms with Crippen molar-refractivity contribution in [3.63, 3.8) is 0 Å². The fourth-order valence-electron chi connectivity index (χ4n) is 3.79. The quantitative estimate of drug-likeness (QED) is 0.699. The van der Waals surface area contributed by atoms with Crippen molar-refractivity contribution in [1.29, 1.82) is 0 Å². The van der Waals surface area contributed by atoms with Crippen molar-refractivity contribution in [1.82, 2.24) is 15.1 Å². The summed E-state index contributed by atoms with van der Waals surface area (Å²) in [5, 5.41) is 3.60. The van der Waals surface area contributed by atoms with Gasteiger partial charge in [-0.15, -0.1) is 0 Å². The molecule has 2 aliphatic heterocycles. The summed E-state index contributed by atoms with van der Waals surface area (Å²) in [6.07, 6.45) is 2.23. The zero-order valence-corrected chi connectivity index (χ0v) is 17.6. The van der Waals surface area contributed by atoms with Gasteiger partial charge in [0.05, 0.1) is 28.3 Å². The number of nitrogens with zero attached hydrogens (tertiary/aromatic N) is 2. The van der Waals surface area contributed by atoms with Gasteiger partial charge >= 0.3 is 12.0 Å². The standard InChI is InChI=1S/C20H25Cl2N3O3/c1-3-25-15(12-24-10-5-6-11-24)16(19(26)28-4-2)18(23-20(25)27)13-8-7-9-14(21)17(13)22/h7-9,18H,3-6,10-12H2,1-2H3,(H,23,27). The number of carbonyl (C=O) groups is 2. The number of likely N-dealkylation sites (N-methyl/N-ethyl adjacent to an activating group) is 1. The zero-order valence-electron chi connectivity index (χ0n) is 16.1. The molecule has 1 aromatic carbocycles. The number of carbonyl (C=O) groups excluding carboxylic acids is 2. The van der Waals surface area contributed by atoms with Crippen LogP contribution in [0.25, 0.3) is 0 Å². The molecule has 1 aromatic rings. The van der Waals surface area contributed by atoms with Gasteiger partial charge in [-0.2, -0.15) is 0 Å². The third-order valence-corrected chi connectivity index (χ3v) is 5.95. The van der Waals surface area contributed by atoms with Crippen LogP contribution in [0.5, 0.6) is 0 Å². The number of amides is 2. The van der Waals surface area contributed by atoms with E-state index in [2.05, 4.69) is 10.2 Å². The van der Waals surface area contributed by atoms with Crippen LogP contribution in [0.4, 0.5) is 4.79 Å². The predicted octanol–water partition coefficient (Wildman–Crippen LogP) is 3.99. The van der Waals surface area contributed by atoms with E-state index in [0.29, 0.717) is 40.0 Å². The van der Waals surface area contributed by atoms with Crippen molar-refractivity contribution >= 4 is 35.2 Å². The highest BCUT2D eigenvalue weighted by Crippen LogP contribution is 2.38. The Morgan fingerprint density at radius 1 is 1.25 bits per heavy atom. The van der Waals surface area contributed by atoms with Crippen LogP contribution < -0.4 is 5.32 Å². The number of ether oxygens (including phenoxy) is 1. The molecule has 2 heterocycles. The first-order chi connectivity index (χ1) is 13.5. The Morgan fingerprint density at radius 2 is 1.96 bits per heavy atom. The third kappa shape index (κ3) is 4.14. The van der Waals surface area contributed by atoms with Crippen LogP contribution >= 0.6 is 23.2 Å². The minimum atomic E-state index is -0.710. The van der Waals surface area contributed by atoms with E-state index >= 15 is 0 Å². The molecule has 1 atom stereocenters. The molecule has 28 heavy (non-hydrogen) atoms. The Bertz CT molecular complexity index is 791. The number of esters is 1. The van der Waals surface area contributed by atoms with Crippen molar-refractivity contribution < 1.29 is 14.3 Å². The van der Waals surface area contributed by atoms with Crippen LogP contribution in [0.1, 0.15) is 38.3 Å². The highest BCUT2D eigenvalue weighted by atomic mass is 35.5. The van der Waals surface area contributed by atoms with E-state index < -0.39 is 12.0 Å². The van der Waals surface area contributed by atoms with E-state index in [1.54, 1.807) is 30.0 Å². The van der Waals surface area contributed by atoms with Gasteiger partial charge in [-0.05, 0) is 51.4 Å². The molecule has 1 unspecified atom stereocenters. The maximum absolute atomic E-state index is 13.0. The monoisotopic (exact) mass is 425 g/mol. The molecular weight excluding hydrogens is 401 g/mol. The second-order valence-corrected chi connectivity index (χ2v) is 7.62. The van der Waals surface area contributed by atoms with Crippen molar-refractivity contribution in [2.45, 2.75) is 32.7 Å². The summed E-state index contributed by atoms with van der Waals surface area (Å²) in [4.78, 5) is 29.7. The fourth-order valence-corrected chi connectivity index (χ4v) is 4.20. The van der Waals surface area contributed by atoms with Crippen molar-refractivity contribution in [3.8, 4) is 0 Å². The molecule has 152 valence electrons. The lowest BCUT2D eigenvalue weighted by Crippen LogP contribution is -2.50. The second kappa shape index (κ2) is 9.16. The molecule has 6 nitrogen and oxygen atoms in total. The van der Waals surface area contributed by atoms with Gasteiger partial charge < -0.3 is 10.1 Å². The van der Waals surface area contributed by atoms with Gasteiger partial charge in [-0.3, -0.25) is 9.80 Å². The lowest BCUT2D eigenvalue weighted by Gasteiger charge is -2.37. The van der Waals surface area contributed by atoms with Crippen LogP contribution in [0.15, 0.2) is 29.5 Å². The Kier molecular flexibility index (Phi) is 6.86. The number of likely N-dealkylation sites (tertiary alicyclic amines) is 1. The zero-order chi connectivity index (χ0) is 20.3. The molecule has 1 N–H and O–H groups in total. The second-order valence-electron chi connectivity index (χ2n) is 6.83. The van der Waals surface area contributed by atoms with E-state index in [4.69, 9.17) is 27.9 Å². The van der Waals surface area contributed by atoms with E-state index in [-0.39, 0.29) is 12.6 Å². The lowest BCUT2D eigenvalue weighted by atomic mass is 9.94. The summed E-state index contributed by atoms with van der Waals surface area (Å²) < 4.78 is 5.36. The number of rotatable bonds is 6. The van der Waals surface area contributed by atoms with Crippen molar-refractivity contribution in [2.75, 3.05) is 32.8 Å². The van der Waals surface area contributed by atoms with Gasteiger partial charge in [0.2, 0.25) is 0 Å². The molecule has 8 heteroatoms. The molecule has 1 fully saturated rings. The van der Waals surface area contributed by atoms with Gasteiger partial charge in [-0.25, -0.2) is 9.59 Å². The van der Waals surface area contributed by atoms with Crippen LogP contribution in [-0.2, 0) is 9.53 Å². The number of hydrogen-bond donors (Lipinski definition) is 1. The Balaban J connectivity index is 2.14. The molecule has 1 saturated heterocycles. The summed E-state index contributed by atoms with van der Waals surface area (Å²) >= 11 is 12.6. The summed E-state index contributed by atoms with van der Waals surface area (Å²) in [5.74, 6) is -0.448. The summed E-state index contributed by atoms with van der Waals surface area (Å²) in [6.45, 7) is 6.76. The molecule has 0 aromatic heterocycles. The summed E-state index contributed by atoms with van der Waals surface area (Å²) in [6, 6.07) is 4.23. The molecule has 2 amide bonds. The normalized spacial score (nSPS) is 20.5. The maximum atomic E-state index is 13.0. The predicted molar refractivity (Wildman–Crippen MR) is 109 cm³/mol. The highest BCUT2D eigenvalue weighted by molar-refractivity contribution is 6.42. The number of urea groups is 1. The average Bonchev–Trinajstić information content (AvgIpc) is 3.17. The van der Waals surface area contributed by atoms with Gasteiger partial charge in [0.1, 0.15) is 0 Å². The third-order valence-electron chi connectivity index (χ3n) is 5.11. The smallest absolute Gasteiger partial charge is 0.338 e. The van der Waals surface area contributed by atoms with Gasteiger partial charge in [-0.1, -0.05) is 35.3 Å². The van der Waals surface area contributed by atoms with Crippen molar-refractivity contribution in [3.05, 3.63) is 45.1 Å². The molecule has 0 radical (unpaired) electrons. The Hall–Kier alpha value is -1.76. The molecule has 0 aliphatic carbocycles. The number of benzene rings is 1. The van der Waals surface area contributed by atoms with Gasteiger partial charge in [0.15, 0.2) is 0 Å². The fraction of sp³-hybridized carbons (Fsp3) is 0.500. The van der Waals surface area contributed by atoms with Gasteiger partial charge in [0.25, 0.3) is 0 Å². The SMILES string of the molecule is CCOC(=O)C1=C(CN2CCCC2)N(CC)C(=O)NC1c1cccc(Cl)c1Cl.